The van der Waals surface area contributed by atoms with Crippen LogP contribution in [0.1, 0.15) is 40.5 Å². The quantitative estimate of drug-likeness (QED) is 0.211. The summed E-state index contributed by atoms with van der Waals surface area (Å²) in [6.07, 6.45) is 3.47. The maximum atomic E-state index is 13.9. The first-order valence-corrected chi connectivity index (χ1v) is 13.8. The first-order chi connectivity index (χ1) is 19.5. The summed E-state index contributed by atoms with van der Waals surface area (Å²) in [5.74, 6) is 0.991. The molecule has 1 aliphatic carbocycles. The number of nitrogens with zero attached hydrogens (tertiary/aromatic N) is 3. The lowest BCUT2D eigenvalue weighted by molar-refractivity contribution is -0.385. The highest BCUT2D eigenvalue weighted by Gasteiger charge is 2.32. The fraction of sp³-hybridized carbons (Fsp3) is 0.125. The third-order valence-electron chi connectivity index (χ3n) is 7.58. The molecular formula is C32H23N3O4S. The third kappa shape index (κ3) is 3.96. The van der Waals surface area contributed by atoms with E-state index in [1.54, 1.807) is 37.3 Å². The molecule has 2 aliphatic rings. The molecule has 3 heterocycles. The minimum atomic E-state index is -0.398. The fourth-order valence-corrected chi connectivity index (χ4v) is 6.61. The molecule has 3 aromatic carbocycles. The predicted molar refractivity (Wildman–Crippen MR) is 155 cm³/mol. The maximum Gasteiger partial charge on any atom is 0.273 e. The molecule has 0 saturated heterocycles. The molecule has 0 N–H and O–H groups in total. The van der Waals surface area contributed by atoms with Gasteiger partial charge in [0.05, 0.1) is 21.2 Å². The van der Waals surface area contributed by atoms with Crippen LogP contribution in [0.4, 0.5) is 5.69 Å². The summed E-state index contributed by atoms with van der Waals surface area (Å²) in [6, 6.07) is 26.8. The fourth-order valence-electron chi connectivity index (χ4n) is 5.63. The standard InChI is InChI=1S/C32H23N3O4S/c1-19-11-12-22(17-26(19)35(37)38)27-16-14-23(39-27)18-28-31(36)34-30(21-8-3-2-4-9-21)25-15-13-20-7-5-6-10-24(20)29(25)33-32(34)40-28/h2-12,14,16-18,30H,13,15H2,1H3/b28-18+/t30-/m1/s1. The van der Waals surface area contributed by atoms with Gasteiger partial charge in [-0.3, -0.25) is 19.5 Å². The zero-order chi connectivity index (χ0) is 27.4. The average Bonchev–Trinajstić information content (AvgIpc) is 3.56. The van der Waals surface area contributed by atoms with Gasteiger partial charge in [0.15, 0.2) is 4.80 Å². The first kappa shape index (κ1) is 24.2. The summed E-state index contributed by atoms with van der Waals surface area (Å²) in [5.41, 5.74) is 6.68. The Morgan fingerprint density at radius 2 is 1.82 bits per heavy atom. The Kier molecular flexibility index (Phi) is 5.71. The summed E-state index contributed by atoms with van der Waals surface area (Å²) in [7, 11) is 0. The molecule has 8 heteroatoms. The lowest BCUT2D eigenvalue weighted by atomic mass is 9.83. The van der Waals surface area contributed by atoms with Crippen LogP contribution in [0.25, 0.3) is 23.1 Å². The number of aromatic nitrogens is 1. The number of rotatable bonds is 4. The number of thiazole rings is 1. The van der Waals surface area contributed by atoms with Crippen molar-refractivity contribution in [1.82, 2.24) is 4.57 Å². The van der Waals surface area contributed by atoms with Gasteiger partial charge >= 0.3 is 0 Å². The molecule has 7 nitrogen and oxygen atoms in total. The molecule has 0 saturated carbocycles. The zero-order valence-electron chi connectivity index (χ0n) is 21.5. The highest BCUT2D eigenvalue weighted by Crippen LogP contribution is 2.41. The molecule has 2 aromatic heterocycles. The first-order valence-electron chi connectivity index (χ1n) is 13.0. The molecule has 0 bridgehead atoms. The van der Waals surface area contributed by atoms with Crippen LogP contribution in [0.5, 0.6) is 0 Å². The van der Waals surface area contributed by atoms with Crippen molar-refractivity contribution < 1.29 is 9.34 Å². The molecule has 0 radical (unpaired) electrons. The summed E-state index contributed by atoms with van der Waals surface area (Å²) in [5, 5.41) is 11.4. The summed E-state index contributed by atoms with van der Waals surface area (Å²) < 4.78 is 8.36. The summed E-state index contributed by atoms with van der Waals surface area (Å²) in [6.45, 7) is 1.70. The molecule has 1 atom stereocenters. The van der Waals surface area contributed by atoms with Crippen LogP contribution in [0.3, 0.4) is 0 Å². The number of nitro groups is 1. The number of nitro benzene ring substituents is 1. The van der Waals surface area contributed by atoms with Gasteiger partial charge in [-0.2, -0.15) is 0 Å². The van der Waals surface area contributed by atoms with Gasteiger partial charge in [-0.1, -0.05) is 78.1 Å². The largest absolute Gasteiger partial charge is 0.457 e. The second kappa shape index (κ2) is 9.43. The van der Waals surface area contributed by atoms with Crippen LogP contribution < -0.4 is 14.9 Å². The topological polar surface area (TPSA) is 90.6 Å². The van der Waals surface area contributed by atoms with Crippen LogP contribution in [-0.4, -0.2) is 9.49 Å². The van der Waals surface area contributed by atoms with Gasteiger partial charge in [0, 0.05) is 28.8 Å². The second-order valence-electron chi connectivity index (χ2n) is 9.98. The van der Waals surface area contributed by atoms with Gasteiger partial charge in [-0.05, 0) is 48.6 Å². The Morgan fingerprint density at radius 1 is 1.02 bits per heavy atom. The Morgan fingerprint density at radius 3 is 2.65 bits per heavy atom. The van der Waals surface area contributed by atoms with Crippen molar-refractivity contribution in [2.75, 3.05) is 0 Å². The molecule has 196 valence electrons. The number of fused-ring (bicyclic) bond motifs is 3. The molecule has 5 aromatic rings. The maximum absolute atomic E-state index is 13.9. The van der Waals surface area contributed by atoms with Gasteiger partial charge in [-0.15, -0.1) is 0 Å². The number of hydrogen-bond donors (Lipinski definition) is 0. The lowest BCUT2D eigenvalue weighted by Crippen LogP contribution is -2.38. The number of hydrogen-bond acceptors (Lipinski definition) is 6. The van der Waals surface area contributed by atoms with Crippen molar-refractivity contribution >= 4 is 28.8 Å². The van der Waals surface area contributed by atoms with E-state index in [1.165, 1.54) is 23.0 Å². The summed E-state index contributed by atoms with van der Waals surface area (Å²) in [4.78, 5) is 30.6. The van der Waals surface area contributed by atoms with Gasteiger partial charge in [0.25, 0.3) is 11.2 Å². The third-order valence-corrected chi connectivity index (χ3v) is 8.56. The predicted octanol–water partition coefficient (Wildman–Crippen LogP) is 5.80. The zero-order valence-corrected chi connectivity index (χ0v) is 22.4. The van der Waals surface area contributed by atoms with E-state index >= 15 is 0 Å². The Balaban J connectivity index is 1.36. The van der Waals surface area contributed by atoms with Crippen molar-refractivity contribution in [3.8, 4) is 11.3 Å². The van der Waals surface area contributed by atoms with Gasteiger partial charge in [-0.25, -0.2) is 4.99 Å². The Bertz CT molecular complexity index is 2030. The molecule has 0 fully saturated rings. The molecule has 0 unspecified atom stereocenters. The van der Waals surface area contributed by atoms with E-state index in [-0.39, 0.29) is 17.3 Å². The van der Waals surface area contributed by atoms with Gasteiger partial charge < -0.3 is 4.42 Å². The molecular weight excluding hydrogens is 522 g/mol. The minimum Gasteiger partial charge on any atom is -0.457 e. The van der Waals surface area contributed by atoms with E-state index in [4.69, 9.17) is 9.41 Å². The number of furan rings is 1. The molecule has 0 amide bonds. The number of allylic oxidation sites excluding steroid dienone is 1. The minimum absolute atomic E-state index is 0.0372. The normalized spacial score (nSPS) is 16.2. The van der Waals surface area contributed by atoms with Crippen molar-refractivity contribution in [1.29, 1.82) is 0 Å². The van der Waals surface area contributed by atoms with Gasteiger partial charge in [0.1, 0.15) is 11.5 Å². The highest BCUT2D eigenvalue weighted by atomic mass is 32.1. The number of aryl methyl sites for hydroxylation is 2. The van der Waals surface area contributed by atoms with E-state index < -0.39 is 4.92 Å². The van der Waals surface area contributed by atoms with E-state index in [0.29, 0.717) is 32.0 Å². The van der Waals surface area contributed by atoms with Crippen LogP contribution in [0, 0.1) is 17.0 Å². The van der Waals surface area contributed by atoms with E-state index in [1.807, 2.05) is 28.8 Å². The Labute approximate surface area is 232 Å². The van der Waals surface area contributed by atoms with Crippen molar-refractivity contribution in [3.05, 3.63) is 148 Å². The summed E-state index contributed by atoms with van der Waals surface area (Å²) >= 11 is 1.34. The van der Waals surface area contributed by atoms with Crippen LogP contribution in [0.2, 0.25) is 0 Å². The van der Waals surface area contributed by atoms with E-state index in [9.17, 15) is 14.9 Å². The second-order valence-corrected chi connectivity index (χ2v) is 11.0. The lowest BCUT2D eigenvalue weighted by Gasteiger charge is -2.30. The van der Waals surface area contributed by atoms with Crippen LogP contribution in [0.15, 0.2) is 105 Å². The highest BCUT2D eigenvalue weighted by molar-refractivity contribution is 7.07. The van der Waals surface area contributed by atoms with Crippen molar-refractivity contribution in [3.63, 3.8) is 0 Å². The van der Waals surface area contributed by atoms with Crippen molar-refractivity contribution in [2.24, 2.45) is 4.99 Å². The molecule has 40 heavy (non-hydrogen) atoms. The van der Waals surface area contributed by atoms with E-state index in [2.05, 4.69) is 30.3 Å². The molecule has 0 spiro atoms. The van der Waals surface area contributed by atoms with Crippen LogP contribution in [-0.2, 0) is 6.42 Å². The SMILES string of the molecule is Cc1ccc(-c2ccc(/C=c3/sc4n(c3=O)[C@H](c3ccccc3)C3=C(N=4)c4ccccc4CC3)o2)cc1[N+](=O)[O-]. The number of benzene rings is 3. The molecule has 7 rings (SSSR count). The Hall–Kier alpha value is -4.82. The van der Waals surface area contributed by atoms with Crippen molar-refractivity contribution in [2.45, 2.75) is 25.8 Å². The van der Waals surface area contributed by atoms with Gasteiger partial charge in [0.2, 0.25) is 0 Å². The van der Waals surface area contributed by atoms with E-state index in [0.717, 1.165) is 35.2 Å². The monoisotopic (exact) mass is 545 g/mol. The average molecular weight is 546 g/mol. The van der Waals surface area contributed by atoms with Crippen LogP contribution >= 0.6 is 11.3 Å². The smallest absolute Gasteiger partial charge is 0.273 e. The molecule has 1 aliphatic heterocycles.